The summed E-state index contributed by atoms with van der Waals surface area (Å²) in [5, 5.41) is 18.9. The highest BCUT2D eigenvalue weighted by molar-refractivity contribution is 5.88. The van der Waals surface area contributed by atoms with Crippen LogP contribution in [0.1, 0.15) is 27.0 Å². The van der Waals surface area contributed by atoms with Crippen molar-refractivity contribution in [2.24, 2.45) is 0 Å². The van der Waals surface area contributed by atoms with Crippen molar-refractivity contribution in [2.45, 2.75) is 19.5 Å². The summed E-state index contributed by atoms with van der Waals surface area (Å²) < 4.78 is 0. The number of aromatic carboxylic acids is 1. The quantitative estimate of drug-likeness (QED) is 0.909. The summed E-state index contributed by atoms with van der Waals surface area (Å²) in [7, 11) is 0. The number of carbonyl (C=O) groups is 1. The van der Waals surface area contributed by atoms with Crippen LogP contribution < -0.4 is 0 Å². The predicted molar refractivity (Wildman–Crippen MR) is 79.3 cm³/mol. The van der Waals surface area contributed by atoms with Crippen LogP contribution in [-0.4, -0.2) is 27.6 Å². The Labute approximate surface area is 123 Å². The van der Waals surface area contributed by atoms with Crippen molar-refractivity contribution in [3.8, 4) is 5.75 Å². The third-order valence-corrected chi connectivity index (χ3v) is 3.94. The number of aromatic hydroxyl groups is 1. The van der Waals surface area contributed by atoms with Crippen LogP contribution in [0.15, 0.2) is 42.5 Å². The molecule has 0 atom stereocenters. The number of nitrogens with zero attached hydrogens (tertiary/aromatic N) is 1. The van der Waals surface area contributed by atoms with Crippen LogP contribution in [0.3, 0.4) is 0 Å². The second kappa shape index (κ2) is 5.58. The van der Waals surface area contributed by atoms with Crippen molar-refractivity contribution in [1.82, 2.24) is 4.90 Å². The standard InChI is InChI=1S/C17H17NO3/c19-16-9-13(17(20)21)5-6-15(16)11-18-8-7-12-3-1-2-4-14(12)10-18/h1-6,9,19H,7-8,10-11H2,(H,20,21). The van der Waals surface area contributed by atoms with Crippen LogP contribution in [0.2, 0.25) is 0 Å². The number of hydrogen-bond donors (Lipinski definition) is 2. The Kier molecular flexibility index (Phi) is 3.62. The van der Waals surface area contributed by atoms with Crippen molar-refractivity contribution >= 4 is 5.97 Å². The van der Waals surface area contributed by atoms with E-state index in [0.717, 1.165) is 25.1 Å². The highest BCUT2D eigenvalue weighted by Crippen LogP contribution is 2.24. The SMILES string of the molecule is O=C(O)c1ccc(CN2CCc3ccccc3C2)c(O)c1. The molecule has 4 heteroatoms. The molecular formula is C17H17NO3. The number of carboxylic acid groups (broad SMARTS) is 1. The van der Waals surface area contributed by atoms with Gasteiger partial charge in [-0.3, -0.25) is 4.90 Å². The highest BCUT2D eigenvalue weighted by atomic mass is 16.4. The van der Waals surface area contributed by atoms with E-state index >= 15 is 0 Å². The van der Waals surface area contributed by atoms with Gasteiger partial charge in [-0.15, -0.1) is 0 Å². The maximum atomic E-state index is 10.9. The number of phenolic OH excluding ortho intramolecular Hbond substituents is 1. The van der Waals surface area contributed by atoms with Gasteiger partial charge in [0.2, 0.25) is 0 Å². The Morgan fingerprint density at radius 1 is 1.14 bits per heavy atom. The van der Waals surface area contributed by atoms with E-state index in [-0.39, 0.29) is 11.3 Å². The van der Waals surface area contributed by atoms with Gasteiger partial charge in [-0.05, 0) is 29.7 Å². The van der Waals surface area contributed by atoms with E-state index in [9.17, 15) is 9.90 Å². The molecule has 0 spiro atoms. The monoisotopic (exact) mass is 283 g/mol. The van der Waals surface area contributed by atoms with Crippen LogP contribution in [0, 0.1) is 0 Å². The first-order valence-electron chi connectivity index (χ1n) is 6.98. The molecule has 2 N–H and O–H groups in total. The minimum absolute atomic E-state index is 0.0498. The van der Waals surface area contributed by atoms with E-state index in [1.165, 1.54) is 23.3 Å². The molecule has 0 fully saturated rings. The molecule has 4 nitrogen and oxygen atoms in total. The molecule has 3 rings (SSSR count). The van der Waals surface area contributed by atoms with E-state index in [1.54, 1.807) is 6.07 Å². The maximum absolute atomic E-state index is 10.9. The molecule has 1 heterocycles. The molecule has 0 amide bonds. The van der Waals surface area contributed by atoms with Gasteiger partial charge in [0, 0.05) is 25.2 Å². The molecule has 0 aliphatic carbocycles. The molecule has 21 heavy (non-hydrogen) atoms. The number of hydrogen-bond acceptors (Lipinski definition) is 3. The molecule has 0 saturated carbocycles. The lowest BCUT2D eigenvalue weighted by atomic mass is 9.99. The molecular weight excluding hydrogens is 266 g/mol. The minimum atomic E-state index is -1.02. The molecule has 1 aliphatic rings. The first kappa shape index (κ1) is 13.6. The average Bonchev–Trinajstić information content (AvgIpc) is 2.49. The molecule has 1 aliphatic heterocycles. The van der Waals surface area contributed by atoms with Gasteiger partial charge in [-0.2, -0.15) is 0 Å². The largest absolute Gasteiger partial charge is 0.508 e. The van der Waals surface area contributed by atoms with Crippen molar-refractivity contribution in [3.05, 3.63) is 64.7 Å². The second-order valence-corrected chi connectivity index (χ2v) is 5.38. The zero-order valence-corrected chi connectivity index (χ0v) is 11.6. The van der Waals surface area contributed by atoms with Crippen LogP contribution in [0.5, 0.6) is 5.75 Å². The number of benzene rings is 2. The van der Waals surface area contributed by atoms with Crippen molar-refractivity contribution in [3.63, 3.8) is 0 Å². The third-order valence-electron chi connectivity index (χ3n) is 3.94. The summed E-state index contributed by atoms with van der Waals surface area (Å²) in [5.41, 5.74) is 3.59. The molecule has 0 unspecified atom stereocenters. The summed E-state index contributed by atoms with van der Waals surface area (Å²) in [6.07, 6.45) is 1.00. The van der Waals surface area contributed by atoms with Gasteiger partial charge in [0.1, 0.15) is 5.75 Å². The fourth-order valence-electron chi connectivity index (χ4n) is 2.76. The molecule has 108 valence electrons. The Morgan fingerprint density at radius 2 is 1.90 bits per heavy atom. The van der Waals surface area contributed by atoms with Gasteiger partial charge in [-0.1, -0.05) is 30.3 Å². The van der Waals surface area contributed by atoms with Gasteiger partial charge in [-0.25, -0.2) is 4.79 Å². The lowest BCUT2D eigenvalue weighted by Crippen LogP contribution is -2.30. The zero-order valence-electron chi connectivity index (χ0n) is 11.6. The second-order valence-electron chi connectivity index (χ2n) is 5.38. The van der Waals surface area contributed by atoms with Crippen LogP contribution in [0.4, 0.5) is 0 Å². The summed E-state index contributed by atoms with van der Waals surface area (Å²) in [6.45, 7) is 2.42. The van der Waals surface area contributed by atoms with E-state index in [1.807, 2.05) is 6.07 Å². The first-order valence-corrected chi connectivity index (χ1v) is 6.98. The molecule has 0 bridgehead atoms. The maximum Gasteiger partial charge on any atom is 0.335 e. The van der Waals surface area contributed by atoms with Gasteiger partial charge in [0.05, 0.1) is 5.56 Å². The van der Waals surface area contributed by atoms with Crippen LogP contribution in [0.25, 0.3) is 0 Å². The smallest absolute Gasteiger partial charge is 0.335 e. The normalized spacial score (nSPS) is 14.7. The zero-order chi connectivity index (χ0) is 14.8. The van der Waals surface area contributed by atoms with Gasteiger partial charge >= 0.3 is 5.97 Å². The molecule has 2 aromatic rings. The van der Waals surface area contributed by atoms with Crippen molar-refractivity contribution in [2.75, 3.05) is 6.54 Å². The molecule has 2 aromatic carbocycles. The minimum Gasteiger partial charge on any atom is -0.508 e. The van der Waals surface area contributed by atoms with Crippen LogP contribution >= 0.6 is 0 Å². The molecule has 0 aromatic heterocycles. The van der Waals surface area contributed by atoms with Gasteiger partial charge in [0.25, 0.3) is 0 Å². The Hall–Kier alpha value is -2.33. The number of rotatable bonds is 3. The van der Waals surface area contributed by atoms with E-state index in [0.29, 0.717) is 6.54 Å². The summed E-state index contributed by atoms with van der Waals surface area (Å²) in [6, 6.07) is 12.9. The average molecular weight is 283 g/mol. The first-order chi connectivity index (χ1) is 10.1. The molecule has 0 radical (unpaired) electrons. The number of phenols is 1. The highest BCUT2D eigenvalue weighted by Gasteiger charge is 2.17. The Morgan fingerprint density at radius 3 is 2.62 bits per heavy atom. The van der Waals surface area contributed by atoms with Gasteiger partial charge < -0.3 is 10.2 Å². The van der Waals surface area contributed by atoms with Crippen LogP contribution in [-0.2, 0) is 19.5 Å². The number of carboxylic acids is 1. The number of fused-ring (bicyclic) bond motifs is 1. The fraction of sp³-hybridized carbons (Fsp3) is 0.235. The fourth-order valence-corrected chi connectivity index (χ4v) is 2.76. The lowest BCUT2D eigenvalue weighted by molar-refractivity contribution is 0.0696. The van der Waals surface area contributed by atoms with E-state index in [2.05, 4.69) is 23.1 Å². The van der Waals surface area contributed by atoms with Crippen molar-refractivity contribution in [1.29, 1.82) is 0 Å². The van der Waals surface area contributed by atoms with Crippen molar-refractivity contribution < 1.29 is 15.0 Å². The summed E-state index contributed by atoms with van der Waals surface area (Å²) in [5.74, 6) is -0.975. The predicted octanol–water partition coefficient (Wildman–Crippen LogP) is 2.65. The van der Waals surface area contributed by atoms with Gasteiger partial charge in [0.15, 0.2) is 0 Å². The van der Waals surface area contributed by atoms with E-state index in [4.69, 9.17) is 5.11 Å². The van der Waals surface area contributed by atoms with E-state index < -0.39 is 5.97 Å². The lowest BCUT2D eigenvalue weighted by Gasteiger charge is -2.28. The Bertz CT molecular complexity index is 681. The molecule has 0 saturated heterocycles. The Balaban J connectivity index is 1.75. The topological polar surface area (TPSA) is 60.8 Å². The summed E-state index contributed by atoms with van der Waals surface area (Å²) >= 11 is 0. The summed E-state index contributed by atoms with van der Waals surface area (Å²) in [4.78, 5) is 13.1. The third kappa shape index (κ3) is 2.90.